The Morgan fingerprint density at radius 2 is 1.64 bits per heavy atom. The van der Waals surface area contributed by atoms with Crippen molar-refractivity contribution in [3.8, 4) is 22.4 Å². The first-order valence-corrected chi connectivity index (χ1v) is 17.6. The maximum atomic E-state index is 13.6. The highest BCUT2D eigenvalue weighted by atomic mass is 16.6. The molecule has 3 atom stereocenters. The Kier molecular flexibility index (Phi) is 9.91. The predicted octanol–water partition coefficient (Wildman–Crippen LogP) is 6.22. The van der Waals surface area contributed by atoms with E-state index in [1.54, 1.807) is 0 Å². The average Bonchev–Trinajstić information content (AvgIpc) is 3.86. The molecule has 12 nitrogen and oxygen atoms in total. The molecule has 266 valence electrons. The van der Waals surface area contributed by atoms with Crippen LogP contribution in [0.25, 0.3) is 22.4 Å². The third kappa shape index (κ3) is 7.34. The zero-order valence-electron chi connectivity index (χ0n) is 29.8. The first kappa shape index (κ1) is 35.0. The molecule has 2 saturated heterocycles. The van der Waals surface area contributed by atoms with Gasteiger partial charge in [-0.05, 0) is 94.0 Å². The SMILES string of the molecule is COC(=O)N[C@H](C(=O)N1CCC[C@H]1c1nc2c([nH]1)CCc1cc(-c3ccc(NC(=O)[C@@H]4CCCN4C(=O)OC(C)(C)C)cc3)ccc1-2)C(C)C. The Labute approximate surface area is 293 Å². The number of amides is 4. The van der Waals surface area contributed by atoms with Crippen molar-refractivity contribution < 1.29 is 28.7 Å². The molecule has 4 amide bonds. The highest BCUT2D eigenvalue weighted by Gasteiger charge is 2.39. The summed E-state index contributed by atoms with van der Waals surface area (Å²) in [4.78, 5) is 63.4. The number of nitrogens with one attached hydrogen (secondary N) is 3. The number of aromatic amines is 1. The molecule has 1 aromatic heterocycles. The topological polar surface area (TPSA) is 146 Å². The highest BCUT2D eigenvalue weighted by molar-refractivity contribution is 5.97. The third-order valence-electron chi connectivity index (χ3n) is 9.71. The minimum atomic E-state index is -0.682. The van der Waals surface area contributed by atoms with E-state index >= 15 is 0 Å². The summed E-state index contributed by atoms with van der Waals surface area (Å²) in [7, 11) is 1.29. The van der Waals surface area contributed by atoms with E-state index < -0.39 is 29.9 Å². The van der Waals surface area contributed by atoms with Crippen molar-refractivity contribution in [2.75, 3.05) is 25.5 Å². The van der Waals surface area contributed by atoms with Crippen molar-refractivity contribution in [2.45, 2.75) is 96.9 Å². The molecule has 6 rings (SSSR count). The number of nitrogens with zero attached hydrogens (tertiary/aromatic N) is 3. The molecule has 2 aromatic carbocycles. The largest absolute Gasteiger partial charge is 0.453 e. The number of benzene rings is 2. The van der Waals surface area contributed by atoms with Crippen molar-refractivity contribution in [3.63, 3.8) is 0 Å². The van der Waals surface area contributed by atoms with Gasteiger partial charge in [-0.3, -0.25) is 14.5 Å². The Morgan fingerprint density at radius 1 is 0.940 bits per heavy atom. The van der Waals surface area contributed by atoms with Gasteiger partial charge in [-0.1, -0.05) is 44.2 Å². The summed E-state index contributed by atoms with van der Waals surface area (Å²) < 4.78 is 10.3. The van der Waals surface area contributed by atoms with Crippen LogP contribution in [0.4, 0.5) is 15.3 Å². The summed E-state index contributed by atoms with van der Waals surface area (Å²) in [5.41, 5.74) is 6.41. The Bertz CT molecular complexity index is 1760. The molecule has 0 saturated carbocycles. The number of hydrogen-bond acceptors (Lipinski definition) is 7. The van der Waals surface area contributed by atoms with Gasteiger partial charge in [0.1, 0.15) is 23.5 Å². The molecule has 50 heavy (non-hydrogen) atoms. The van der Waals surface area contributed by atoms with Crippen LogP contribution in [0.3, 0.4) is 0 Å². The van der Waals surface area contributed by atoms with Crippen LogP contribution in [0.1, 0.15) is 83.4 Å². The first-order chi connectivity index (χ1) is 23.8. The molecule has 0 unspecified atom stereocenters. The Balaban J connectivity index is 1.14. The van der Waals surface area contributed by atoms with Gasteiger partial charge >= 0.3 is 12.2 Å². The predicted molar refractivity (Wildman–Crippen MR) is 189 cm³/mol. The van der Waals surface area contributed by atoms with Gasteiger partial charge in [0.05, 0.1) is 18.8 Å². The lowest BCUT2D eigenvalue weighted by Crippen LogP contribution is -2.51. The average molecular weight is 685 g/mol. The first-order valence-electron chi connectivity index (χ1n) is 17.6. The van der Waals surface area contributed by atoms with Gasteiger partial charge in [-0.25, -0.2) is 14.6 Å². The van der Waals surface area contributed by atoms with Crippen molar-refractivity contribution in [3.05, 3.63) is 59.5 Å². The van der Waals surface area contributed by atoms with Crippen LogP contribution in [-0.2, 0) is 31.9 Å². The number of carbonyl (C=O) groups excluding carboxylic acids is 4. The molecular formula is C38H48N6O6. The Hall–Kier alpha value is -4.87. The molecule has 0 spiro atoms. The van der Waals surface area contributed by atoms with Crippen LogP contribution in [0.5, 0.6) is 0 Å². The zero-order valence-corrected chi connectivity index (χ0v) is 29.8. The fraction of sp³-hybridized carbons (Fsp3) is 0.500. The molecule has 3 aliphatic rings. The maximum Gasteiger partial charge on any atom is 0.410 e. The number of ether oxygens (including phenoxy) is 2. The second kappa shape index (κ2) is 14.2. The van der Waals surface area contributed by atoms with Gasteiger partial charge in [-0.2, -0.15) is 0 Å². The van der Waals surface area contributed by atoms with Gasteiger partial charge < -0.3 is 30.0 Å². The van der Waals surface area contributed by atoms with E-state index in [1.807, 2.05) is 63.8 Å². The lowest BCUT2D eigenvalue weighted by atomic mass is 9.89. The minimum Gasteiger partial charge on any atom is -0.453 e. The molecule has 2 fully saturated rings. The van der Waals surface area contributed by atoms with E-state index in [2.05, 4.69) is 33.8 Å². The van der Waals surface area contributed by atoms with Crippen LogP contribution in [-0.4, -0.2) is 81.7 Å². The summed E-state index contributed by atoms with van der Waals surface area (Å²) in [5, 5.41) is 5.69. The number of likely N-dealkylation sites (tertiary alicyclic amines) is 2. The van der Waals surface area contributed by atoms with Gasteiger partial charge in [0.2, 0.25) is 11.8 Å². The van der Waals surface area contributed by atoms with E-state index in [1.165, 1.54) is 17.6 Å². The fourth-order valence-electron chi connectivity index (χ4n) is 7.20. The number of hydrogen-bond donors (Lipinski definition) is 3. The summed E-state index contributed by atoms with van der Waals surface area (Å²) in [5.74, 6) is 0.339. The van der Waals surface area contributed by atoms with E-state index in [0.717, 1.165) is 66.0 Å². The second-order valence-electron chi connectivity index (χ2n) is 14.8. The monoisotopic (exact) mass is 684 g/mol. The van der Waals surface area contributed by atoms with Crippen molar-refractivity contribution in [1.82, 2.24) is 25.1 Å². The summed E-state index contributed by atoms with van der Waals surface area (Å²) >= 11 is 0. The van der Waals surface area contributed by atoms with E-state index in [4.69, 9.17) is 14.5 Å². The normalized spacial score (nSPS) is 19.1. The highest BCUT2D eigenvalue weighted by Crippen LogP contribution is 2.38. The van der Waals surface area contributed by atoms with Crippen molar-refractivity contribution in [1.29, 1.82) is 0 Å². The quantitative estimate of drug-likeness (QED) is 0.268. The van der Waals surface area contributed by atoms with Crippen LogP contribution < -0.4 is 10.6 Å². The lowest BCUT2D eigenvalue weighted by molar-refractivity contribution is -0.135. The number of aryl methyl sites for hydroxylation is 2. The van der Waals surface area contributed by atoms with Crippen LogP contribution in [0.2, 0.25) is 0 Å². The number of fused-ring (bicyclic) bond motifs is 3. The van der Waals surface area contributed by atoms with Crippen LogP contribution in [0, 0.1) is 5.92 Å². The number of methoxy groups -OCH3 is 1. The second-order valence-corrected chi connectivity index (χ2v) is 14.8. The van der Waals surface area contributed by atoms with Crippen molar-refractivity contribution in [2.24, 2.45) is 5.92 Å². The molecule has 3 N–H and O–H groups in total. The number of H-pyrrole nitrogens is 1. The summed E-state index contributed by atoms with van der Waals surface area (Å²) in [6.07, 6.45) is 3.59. The smallest absolute Gasteiger partial charge is 0.410 e. The number of anilines is 1. The van der Waals surface area contributed by atoms with E-state index in [9.17, 15) is 19.2 Å². The zero-order chi connectivity index (χ0) is 35.7. The Morgan fingerprint density at radius 3 is 2.34 bits per heavy atom. The summed E-state index contributed by atoms with van der Waals surface area (Å²) in [6.45, 7) is 10.4. The maximum absolute atomic E-state index is 13.6. The molecule has 3 aromatic rings. The molecule has 12 heteroatoms. The number of rotatable bonds is 7. The van der Waals surface area contributed by atoms with Crippen molar-refractivity contribution >= 4 is 29.7 Å². The van der Waals surface area contributed by atoms with E-state index in [-0.39, 0.29) is 23.8 Å². The molecule has 1 aliphatic carbocycles. The van der Waals surface area contributed by atoms with Gasteiger partial charge in [0, 0.05) is 30.0 Å². The van der Waals surface area contributed by atoms with Gasteiger partial charge in [0.15, 0.2) is 0 Å². The van der Waals surface area contributed by atoms with E-state index in [0.29, 0.717) is 25.2 Å². The minimum absolute atomic E-state index is 0.0996. The molecule has 0 radical (unpaired) electrons. The van der Waals surface area contributed by atoms with Gasteiger partial charge in [0.25, 0.3) is 0 Å². The number of aromatic nitrogens is 2. The molecule has 0 bridgehead atoms. The number of alkyl carbamates (subject to hydrolysis) is 1. The molecule has 2 aliphatic heterocycles. The van der Waals surface area contributed by atoms with Crippen LogP contribution >= 0.6 is 0 Å². The number of imidazole rings is 1. The fourth-order valence-corrected chi connectivity index (χ4v) is 7.20. The number of carbonyl (C=O) groups is 4. The van der Waals surface area contributed by atoms with Crippen LogP contribution in [0.15, 0.2) is 42.5 Å². The molecular weight excluding hydrogens is 636 g/mol. The van der Waals surface area contributed by atoms with Gasteiger partial charge in [-0.15, -0.1) is 0 Å². The molecule has 3 heterocycles. The third-order valence-corrected chi connectivity index (χ3v) is 9.71. The lowest BCUT2D eigenvalue weighted by Gasteiger charge is -2.30. The summed E-state index contributed by atoms with van der Waals surface area (Å²) in [6, 6.07) is 12.7. The standard InChI is InChI=1S/C38H48N6O6/c1-22(2)31(42-36(47)49-6)35(46)43-19-7-9-29(43)33-40-28-18-14-25-21-24(13-17-27(25)32(28)41-33)23-11-15-26(16-12-23)39-34(45)30-10-8-20-44(30)37(48)50-38(3,4)5/h11-13,15-17,21-22,29-31H,7-10,14,18-20H2,1-6H3,(H,39,45)(H,40,41)(H,42,47)/t29-,30-,31-/m0/s1.